The highest BCUT2D eigenvalue weighted by molar-refractivity contribution is 8.23. The number of carbonyl (C=O) groups excluding carboxylic acids is 2. The maximum absolute atomic E-state index is 13.0. The molecule has 0 spiro atoms. The summed E-state index contributed by atoms with van der Waals surface area (Å²) in [5, 5.41) is 0.102. The molecule has 0 aliphatic carbocycles. The molecule has 0 radical (unpaired) electrons. The molecule has 25 heavy (non-hydrogen) atoms. The highest BCUT2D eigenvalue weighted by atomic mass is 32.2. The van der Waals surface area contributed by atoms with Crippen molar-refractivity contribution in [2.75, 3.05) is 11.5 Å². The third kappa shape index (κ3) is 3.55. The second-order valence-electron chi connectivity index (χ2n) is 10.1. The first kappa shape index (κ1) is 21.6. The van der Waals surface area contributed by atoms with Gasteiger partial charge in [-0.05, 0) is 18.4 Å². The van der Waals surface area contributed by atoms with Gasteiger partial charge >= 0.3 is 0 Å². The smallest absolute Gasteiger partial charge is 0.227 e. The van der Waals surface area contributed by atoms with Crippen LogP contribution in [0.15, 0.2) is 0 Å². The summed E-state index contributed by atoms with van der Waals surface area (Å²) in [5.41, 5.74) is 0. The first-order chi connectivity index (χ1) is 11.2. The standard InChI is InChI=1S/C18H35NO2S2Si2/c1-13(20)15-14(12-18(24(5,6)7)22-10-11-23-18)19(16(15)21)25(8,9)17(2,3)4/h14-15H,10-12H2,1-9H3/t14-,15-/m1/s1. The summed E-state index contributed by atoms with van der Waals surface area (Å²) in [5.74, 6) is 2.15. The molecular formula is C18H35NO2S2Si2. The Morgan fingerprint density at radius 2 is 1.64 bits per heavy atom. The fraction of sp³-hybridized carbons (Fsp3) is 0.889. The van der Waals surface area contributed by atoms with Crippen molar-refractivity contribution >= 4 is 51.5 Å². The van der Waals surface area contributed by atoms with E-state index in [1.807, 2.05) is 0 Å². The fourth-order valence-corrected chi connectivity index (χ4v) is 14.0. The van der Waals surface area contributed by atoms with Crippen molar-refractivity contribution in [3.63, 3.8) is 0 Å². The summed E-state index contributed by atoms with van der Waals surface area (Å²) in [6.45, 7) is 20.3. The number of Topliss-reactive ketones (excluding diaryl/α,β-unsaturated/α-hetero) is 1. The number of carbonyl (C=O) groups is 2. The lowest BCUT2D eigenvalue weighted by atomic mass is 9.85. The van der Waals surface area contributed by atoms with E-state index in [2.05, 4.69) is 81.6 Å². The monoisotopic (exact) mass is 417 g/mol. The predicted octanol–water partition coefficient (Wildman–Crippen LogP) is 4.85. The lowest BCUT2D eigenvalue weighted by Gasteiger charge is -2.60. The topological polar surface area (TPSA) is 37.4 Å². The number of rotatable bonds is 5. The van der Waals surface area contributed by atoms with E-state index in [0.717, 1.165) is 6.42 Å². The van der Waals surface area contributed by atoms with Crippen LogP contribution in [-0.4, -0.2) is 53.8 Å². The van der Waals surface area contributed by atoms with E-state index < -0.39 is 22.2 Å². The first-order valence-corrected chi connectivity index (χ1v) is 17.7. The largest absolute Gasteiger partial charge is 0.365 e. The van der Waals surface area contributed by atoms with Gasteiger partial charge in [0.1, 0.15) is 11.7 Å². The van der Waals surface area contributed by atoms with Gasteiger partial charge in [-0.3, -0.25) is 9.59 Å². The molecule has 2 heterocycles. The van der Waals surface area contributed by atoms with Crippen molar-refractivity contribution in [1.29, 1.82) is 0 Å². The summed E-state index contributed by atoms with van der Waals surface area (Å²) >= 11 is 4.20. The Kier molecular flexibility index (Phi) is 5.79. The van der Waals surface area contributed by atoms with Crippen LogP contribution in [0.3, 0.4) is 0 Å². The van der Waals surface area contributed by atoms with E-state index >= 15 is 0 Å². The molecule has 2 aliphatic heterocycles. The van der Waals surface area contributed by atoms with Crippen molar-refractivity contribution in [2.24, 2.45) is 5.92 Å². The Bertz CT molecular complexity index is 560. The van der Waals surface area contributed by atoms with Crippen molar-refractivity contribution in [3.05, 3.63) is 0 Å². The molecule has 0 aromatic heterocycles. The number of thioether (sulfide) groups is 2. The van der Waals surface area contributed by atoms with Gasteiger partial charge in [0.15, 0.2) is 8.24 Å². The molecule has 0 N–H and O–H groups in total. The molecule has 2 saturated heterocycles. The molecular weight excluding hydrogens is 383 g/mol. The van der Waals surface area contributed by atoms with Gasteiger partial charge in [-0.25, -0.2) is 0 Å². The average Bonchev–Trinajstić information content (AvgIpc) is 2.85. The minimum absolute atomic E-state index is 0.0590. The van der Waals surface area contributed by atoms with Gasteiger partial charge in [0.25, 0.3) is 0 Å². The highest BCUT2D eigenvalue weighted by Gasteiger charge is 2.61. The van der Waals surface area contributed by atoms with Gasteiger partial charge in [0, 0.05) is 17.5 Å². The Hall–Kier alpha value is 0.274. The lowest BCUT2D eigenvalue weighted by Crippen LogP contribution is -2.75. The van der Waals surface area contributed by atoms with Crippen LogP contribution in [0.25, 0.3) is 0 Å². The minimum Gasteiger partial charge on any atom is -0.365 e. The number of amides is 1. The number of ketones is 1. The van der Waals surface area contributed by atoms with Crippen molar-refractivity contribution in [3.8, 4) is 0 Å². The molecule has 2 aliphatic rings. The maximum Gasteiger partial charge on any atom is 0.227 e. The Balaban J connectivity index is 2.40. The molecule has 7 heteroatoms. The van der Waals surface area contributed by atoms with Gasteiger partial charge in [-0.1, -0.05) is 53.5 Å². The molecule has 0 bridgehead atoms. The number of nitrogens with zero attached hydrogens (tertiary/aromatic N) is 1. The third-order valence-corrected chi connectivity index (χ3v) is 22.0. The molecule has 0 unspecified atom stereocenters. The van der Waals surface area contributed by atoms with E-state index in [4.69, 9.17) is 0 Å². The normalized spacial score (nSPS) is 27.4. The molecule has 0 aromatic rings. The fourth-order valence-electron chi connectivity index (χ4n) is 3.84. The van der Waals surface area contributed by atoms with Crippen molar-refractivity contribution in [2.45, 2.75) is 81.6 Å². The van der Waals surface area contributed by atoms with Gasteiger partial charge < -0.3 is 4.57 Å². The summed E-state index contributed by atoms with van der Waals surface area (Å²) < 4.78 is 2.42. The summed E-state index contributed by atoms with van der Waals surface area (Å²) in [7, 11) is -3.42. The summed E-state index contributed by atoms with van der Waals surface area (Å²) in [6.07, 6.45) is 0.987. The van der Waals surface area contributed by atoms with Crippen LogP contribution in [0.2, 0.25) is 37.8 Å². The van der Waals surface area contributed by atoms with Crippen LogP contribution < -0.4 is 0 Å². The zero-order chi connectivity index (χ0) is 19.4. The quantitative estimate of drug-likeness (QED) is 0.364. The van der Waals surface area contributed by atoms with Crippen LogP contribution >= 0.6 is 23.5 Å². The SMILES string of the molecule is CC(=O)[C@H]1C(=O)N([Si](C)(C)C(C)(C)C)[C@@H]1CC1([Si](C)(C)C)SCCS1. The average molecular weight is 418 g/mol. The Labute approximate surface area is 164 Å². The predicted molar refractivity (Wildman–Crippen MR) is 118 cm³/mol. The number of hydrogen-bond acceptors (Lipinski definition) is 4. The van der Waals surface area contributed by atoms with Crippen LogP contribution in [0, 0.1) is 5.92 Å². The molecule has 2 rings (SSSR count). The summed E-state index contributed by atoms with van der Waals surface area (Å²) in [4.78, 5) is 25.2. The highest BCUT2D eigenvalue weighted by Crippen LogP contribution is 2.56. The lowest BCUT2D eigenvalue weighted by molar-refractivity contribution is -0.153. The van der Waals surface area contributed by atoms with Gasteiger partial charge in [0.05, 0.1) is 11.8 Å². The maximum atomic E-state index is 13.0. The van der Waals surface area contributed by atoms with Crippen molar-refractivity contribution < 1.29 is 9.59 Å². The van der Waals surface area contributed by atoms with E-state index in [-0.39, 0.29) is 26.5 Å². The molecule has 2 fully saturated rings. The molecule has 2 atom stereocenters. The molecule has 1 amide bonds. The van der Waals surface area contributed by atoms with Gasteiger partial charge in [0.2, 0.25) is 5.91 Å². The molecule has 0 aromatic carbocycles. The minimum atomic E-state index is -1.97. The Morgan fingerprint density at radius 1 is 1.16 bits per heavy atom. The second-order valence-corrected chi connectivity index (χ2v) is 24.3. The number of β-lactam (4-membered cyclic amide) rings is 1. The van der Waals surface area contributed by atoms with E-state index in [1.165, 1.54) is 11.5 Å². The first-order valence-electron chi connectivity index (χ1n) is 9.27. The molecule has 3 nitrogen and oxygen atoms in total. The van der Waals surface area contributed by atoms with Crippen LogP contribution in [0.5, 0.6) is 0 Å². The second kappa shape index (κ2) is 6.71. The van der Waals surface area contributed by atoms with Crippen LogP contribution in [0.1, 0.15) is 34.1 Å². The third-order valence-electron chi connectivity index (χ3n) is 6.47. The zero-order valence-corrected chi connectivity index (χ0v) is 21.0. The van der Waals surface area contributed by atoms with Crippen molar-refractivity contribution in [1.82, 2.24) is 4.57 Å². The van der Waals surface area contributed by atoms with E-state index in [0.29, 0.717) is 0 Å². The van der Waals surface area contributed by atoms with Crippen LogP contribution in [0.4, 0.5) is 0 Å². The molecule has 0 saturated carbocycles. The van der Waals surface area contributed by atoms with E-state index in [9.17, 15) is 9.59 Å². The van der Waals surface area contributed by atoms with Crippen LogP contribution in [-0.2, 0) is 9.59 Å². The van der Waals surface area contributed by atoms with E-state index in [1.54, 1.807) is 6.92 Å². The molecule has 144 valence electrons. The summed E-state index contributed by atoms with van der Waals surface area (Å²) in [6, 6.07) is 0.107. The number of hydrogen-bond donors (Lipinski definition) is 0. The zero-order valence-electron chi connectivity index (χ0n) is 17.4. The Morgan fingerprint density at radius 3 is 2.00 bits per heavy atom. The van der Waals surface area contributed by atoms with Gasteiger partial charge in [-0.15, -0.1) is 23.5 Å². The van der Waals surface area contributed by atoms with Gasteiger partial charge in [-0.2, -0.15) is 0 Å².